The number of nitrogens with two attached hydrogens (primary N) is 1. The molecule has 0 heterocycles. The van der Waals surface area contributed by atoms with Gasteiger partial charge in [0, 0.05) is 5.02 Å². The van der Waals surface area contributed by atoms with Crippen molar-refractivity contribution in [3.05, 3.63) is 29.0 Å². The summed E-state index contributed by atoms with van der Waals surface area (Å²) >= 11 is 10.3. The number of hydrazine groups is 1. The standard InChI is InChI=1S/C7H7ClFN3S/c8-4-1-2-5(9)6(3-4)11-7(13)12-10/h1-3H,10H2,(H2,11,12,13). The van der Waals surface area contributed by atoms with Crippen LogP contribution in [0.5, 0.6) is 0 Å². The van der Waals surface area contributed by atoms with Gasteiger partial charge < -0.3 is 10.7 Å². The van der Waals surface area contributed by atoms with Crippen LogP contribution in [-0.4, -0.2) is 5.11 Å². The second kappa shape index (κ2) is 4.36. The van der Waals surface area contributed by atoms with E-state index >= 15 is 0 Å². The zero-order valence-electron chi connectivity index (χ0n) is 6.47. The van der Waals surface area contributed by atoms with Crippen LogP contribution in [0.2, 0.25) is 5.02 Å². The van der Waals surface area contributed by atoms with Crippen LogP contribution in [0.15, 0.2) is 18.2 Å². The maximum Gasteiger partial charge on any atom is 0.185 e. The molecule has 1 rings (SSSR count). The van der Waals surface area contributed by atoms with E-state index < -0.39 is 5.82 Å². The second-order valence-electron chi connectivity index (χ2n) is 2.22. The molecule has 1 aromatic carbocycles. The number of rotatable bonds is 1. The fraction of sp³-hybridized carbons (Fsp3) is 0. The van der Waals surface area contributed by atoms with Gasteiger partial charge in [0.1, 0.15) is 5.82 Å². The van der Waals surface area contributed by atoms with Crippen LogP contribution >= 0.6 is 23.8 Å². The van der Waals surface area contributed by atoms with E-state index in [1.54, 1.807) is 0 Å². The monoisotopic (exact) mass is 219 g/mol. The summed E-state index contributed by atoms with van der Waals surface area (Å²) in [6.07, 6.45) is 0. The Bertz CT molecular complexity index is 332. The van der Waals surface area contributed by atoms with Crippen molar-refractivity contribution in [2.24, 2.45) is 5.84 Å². The number of halogens is 2. The Labute approximate surface area is 85.0 Å². The van der Waals surface area contributed by atoms with E-state index in [9.17, 15) is 4.39 Å². The molecule has 0 spiro atoms. The zero-order chi connectivity index (χ0) is 9.84. The van der Waals surface area contributed by atoms with E-state index in [1.807, 2.05) is 0 Å². The van der Waals surface area contributed by atoms with E-state index in [1.165, 1.54) is 18.2 Å². The maximum atomic E-state index is 13.0. The topological polar surface area (TPSA) is 50.1 Å². The molecule has 0 aliphatic rings. The molecule has 13 heavy (non-hydrogen) atoms. The van der Waals surface area contributed by atoms with Crippen molar-refractivity contribution in [2.75, 3.05) is 5.32 Å². The van der Waals surface area contributed by atoms with Crippen LogP contribution in [0.3, 0.4) is 0 Å². The molecule has 3 nitrogen and oxygen atoms in total. The lowest BCUT2D eigenvalue weighted by Gasteiger charge is -2.07. The molecule has 1 aromatic rings. The van der Waals surface area contributed by atoms with Crippen LogP contribution in [0, 0.1) is 5.82 Å². The molecule has 0 fully saturated rings. The molecule has 0 amide bonds. The van der Waals surface area contributed by atoms with Gasteiger partial charge in [-0.25, -0.2) is 10.2 Å². The molecule has 0 unspecified atom stereocenters. The quantitative estimate of drug-likeness (QED) is 0.382. The fourth-order valence-corrected chi connectivity index (χ4v) is 1.03. The van der Waals surface area contributed by atoms with Gasteiger partial charge in [0.2, 0.25) is 0 Å². The molecule has 0 atom stereocenters. The highest BCUT2D eigenvalue weighted by Crippen LogP contribution is 2.19. The first-order valence-corrected chi connectivity index (χ1v) is 4.15. The highest BCUT2D eigenvalue weighted by molar-refractivity contribution is 7.80. The van der Waals surface area contributed by atoms with Gasteiger partial charge in [-0.1, -0.05) is 11.6 Å². The van der Waals surface area contributed by atoms with Crippen molar-refractivity contribution < 1.29 is 4.39 Å². The van der Waals surface area contributed by atoms with Crippen LogP contribution in [-0.2, 0) is 0 Å². The van der Waals surface area contributed by atoms with Gasteiger partial charge in [0.25, 0.3) is 0 Å². The second-order valence-corrected chi connectivity index (χ2v) is 3.07. The smallest absolute Gasteiger partial charge is 0.185 e. The van der Waals surface area contributed by atoms with Crippen molar-refractivity contribution in [1.29, 1.82) is 0 Å². The van der Waals surface area contributed by atoms with Gasteiger partial charge in [-0.3, -0.25) is 0 Å². The van der Waals surface area contributed by atoms with Gasteiger partial charge in [0.15, 0.2) is 5.11 Å². The Hall–Kier alpha value is -0.910. The van der Waals surface area contributed by atoms with Crippen LogP contribution in [0.25, 0.3) is 0 Å². The van der Waals surface area contributed by atoms with Crippen molar-refractivity contribution in [3.63, 3.8) is 0 Å². The van der Waals surface area contributed by atoms with Gasteiger partial charge in [-0.05, 0) is 30.4 Å². The summed E-state index contributed by atoms with van der Waals surface area (Å²) in [4.78, 5) is 0. The normalized spacial score (nSPS) is 9.46. The third kappa shape index (κ3) is 2.80. The van der Waals surface area contributed by atoms with Crippen LogP contribution in [0.1, 0.15) is 0 Å². The average molecular weight is 220 g/mol. The lowest BCUT2D eigenvalue weighted by atomic mass is 10.3. The summed E-state index contributed by atoms with van der Waals surface area (Å²) in [6, 6.07) is 4.10. The summed E-state index contributed by atoms with van der Waals surface area (Å²) in [7, 11) is 0. The van der Waals surface area contributed by atoms with Gasteiger partial charge in [-0.15, -0.1) is 0 Å². The van der Waals surface area contributed by atoms with Crippen LogP contribution in [0.4, 0.5) is 10.1 Å². The Kier molecular flexibility index (Phi) is 3.41. The summed E-state index contributed by atoms with van der Waals surface area (Å²) in [5.74, 6) is 4.56. The SMILES string of the molecule is NNC(=S)Nc1cc(Cl)ccc1F. The fourth-order valence-electron chi connectivity index (χ4n) is 0.752. The summed E-state index contributed by atoms with van der Waals surface area (Å²) < 4.78 is 13.0. The van der Waals surface area contributed by atoms with E-state index in [4.69, 9.17) is 17.4 Å². The summed E-state index contributed by atoms with van der Waals surface area (Å²) in [6.45, 7) is 0. The number of hydrogen-bond acceptors (Lipinski definition) is 2. The molecular weight excluding hydrogens is 213 g/mol. The third-order valence-corrected chi connectivity index (χ3v) is 1.76. The van der Waals surface area contributed by atoms with Crippen molar-refractivity contribution >= 4 is 34.6 Å². The van der Waals surface area contributed by atoms with Crippen molar-refractivity contribution in [2.45, 2.75) is 0 Å². The third-order valence-electron chi connectivity index (χ3n) is 1.31. The van der Waals surface area contributed by atoms with E-state index in [-0.39, 0.29) is 10.8 Å². The molecule has 4 N–H and O–H groups in total. The van der Waals surface area contributed by atoms with Gasteiger partial charge >= 0.3 is 0 Å². The Morgan fingerprint density at radius 3 is 2.85 bits per heavy atom. The molecule has 0 aliphatic carbocycles. The Balaban J connectivity index is 2.87. The Morgan fingerprint density at radius 1 is 1.54 bits per heavy atom. The predicted molar refractivity (Wildman–Crippen MR) is 55.0 cm³/mol. The predicted octanol–water partition coefficient (Wildman–Crippen LogP) is 1.64. The molecule has 6 heteroatoms. The maximum absolute atomic E-state index is 13.0. The first-order valence-electron chi connectivity index (χ1n) is 3.36. The number of benzene rings is 1. The zero-order valence-corrected chi connectivity index (χ0v) is 8.05. The highest BCUT2D eigenvalue weighted by atomic mass is 35.5. The van der Waals surface area contributed by atoms with Gasteiger partial charge in [-0.2, -0.15) is 0 Å². The molecular formula is C7H7ClFN3S. The molecule has 0 aliphatic heterocycles. The minimum absolute atomic E-state index is 0.126. The molecule has 70 valence electrons. The van der Waals surface area contributed by atoms with Crippen LogP contribution < -0.4 is 16.6 Å². The van der Waals surface area contributed by atoms with Gasteiger partial charge in [0.05, 0.1) is 5.69 Å². The molecule has 0 aromatic heterocycles. The van der Waals surface area contributed by atoms with E-state index in [0.29, 0.717) is 5.02 Å². The summed E-state index contributed by atoms with van der Waals surface area (Å²) in [5, 5.41) is 3.08. The van der Waals surface area contributed by atoms with Crippen molar-refractivity contribution in [1.82, 2.24) is 5.43 Å². The number of anilines is 1. The highest BCUT2D eigenvalue weighted by Gasteiger charge is 2.03. The first-order chi connectivity index (χ1) is 6.13. The molecule has 0 saturated heterocycles. The average Bonchev–Trinajstić information content (AvgIpc) is 2.11. The van der Waals surface area contributed by atoms with E-state index in [2.05, 4.69) is 23.0 Å². The number of hydrogen-bond donors (Lipinski definition) is 3. The lowest BCUT2D eigenvalue weighted by Crippen LogP contribution is -2.34. The number of thiocarbonyl (C=S) groups is 1. The lowest BCUT2D eigenvalue weighted by molar-refractivity contribution is 0.632. The van der Waals surface area contributed by atoms with E-state index in [0.717, 1.165) is 0 Å². The first kappa shape index (κ1) is 10.2. The molecule has 0 saturated carbocycles. The largest absolute Gasteiger partial charge is 0.329 e. The molecule has 0 bridgehead atoms. The minimum Gasteiger partial charge on any atom is -0.329 e. The minimum atomic E-state index is -0.443. The van der Waals surface area contributed by atoms with Crippen molar-refractivity contribution in [3.8, 4) is 0 Å². The molecule has 0 radical (unpaired) electrons. The number of nitrogens with one attached hydrogen (secondary N) is 2. The summed E-state index contributed by atoms with van der Waals surface area (Å²) in [5.41, 5.74) is 2.36. The Morgan fingerprint density at radius 2 is 2.23 bits per heavy atom.